The Morgan fingerprint density at radius 3 is 2.75 bits per heavy atom. The van der Waals surface area contributed by atoms with E-state index in [1.54, 1.807) is 6.20 Å². The molecule has 32 heavy (non-hydrogen) atoms. The monoisotopic (exact) mass is 450 g/mol. The minimum Gasteiger partial charge on any atom is -0.307 e. The van der Waals surface area contributed by atoms with Crippen LogP contribution in [0.25, 0.3) is 0 Å². The van der Waals surface area contributed by atoms with Crippen molar-refractivity contribution in [3.63, 3.8) is 0 Å². The molecule has 1 aliphatic heterocycles. The van der Waals surface area contributed by atoms with Gasteiger partial charge in [0.2, 0.25) is 0 Å². The van der Waals surface area contributed by atoms with Crippen molar-refractivity contribution >= 4 is 28.9 Å². The number of aromatic nitrogens is 3. The van der Waals surface area contributed by atoms with E-state index in [-0.39, 0.29) is 6.03 Å². The summed E-state index contributed by atoms with van der Waals surface area (Å²) in [6.07, 6.45) is 8.74. The predicted molar refractivity (Wildman–Crippen MR) is 128 cm³/mol. The Bertz CT molecular complexity index is 1060. The third-order valence-electron chi connectivity index (χ3n) is 6.46. The Morgan fingerprint density at radius 2 is 1.94 bits per heavy atom. The summed E-state index contributed by atoms with van der Waals surface area (Å²) in [7, 11) is 0. The molecule has 0 bridgehead atoms. The summed E-state index contributed by atoms with van der Waals surface area (Å²) in [5.41, 5.74) is 3.19. The standard InChI is InChI=1S/C24H30N6OS/c1-17-6-2-3-7-19(17)27-24(31)28-22-10-13-25-30(22)18-11-14-29(15-12-18)16-23-26-20-8-4-5-9-21(20)32-23/h2-3,6-7,10,13,18H,4-5,8-9,11-12,14-16H2,1H3,(H2,27,28,31). The summed E-state index contributed by atoms with van der Waals surface area (Å²) in [4.78, 5) is 21.4. The molecular formula is C24H30N6OS. The minimum absolute atomic E-state index is 0.244. The Kier molecular flexibility index (Phi) is 6.23. The lowest BCUT2D eigenvalue weighted by Gasteiger charge is -2.32. The lowest BCUT2D eigenvalue weighted by atomic mass is 10.0. The van der Waals surface area contributed by atoms with Crippen LogP contribution >= 0.6 is 11.3 Å². The molecule has 1 saturated heterocycles. The fraction of sp³-hybridized carbons (Fsp3) is 0.458. The van der Waals surface area contributed by atoms with Crippen LogP contribution in [0.5, 0.6) is 0 Å². The summed E-state index contributed by atoms with van der Waals surface area (Å²) in [5, 5.41) is 11.7. The number of piperidine rings is 1. The molecule has 0 atom stereocenters. The number of anilines is 2. The van der Waals surface area contributed by atoms with E-state index < -0.39 is 0 Å². The number of para-hydroxylation sites is 1. The number of nitrogens with one attached hydrogen (secondary N) is 2. The normalized spacial score (nSPS) is 17.2. The summed E-state index contributed by atoms with van der Waals surface area (Å²) in [5.74, 6) is 0.738. The molecule has 2 aromatic heterocycles. The van der Waals surface area contributed by atoms with Crippen LogP contribution in [0.1, 0.15) is 52.9 Å². The first-order chi connectivity index (χ1) is 15.7. The number of urea groups is 1. The quantitative estimate of drug-likeness (QED) is 0.573. The predicted octanol–water partition coefficient (Wildman–Crippen LogP) is 5.01. The van der Waals surface area contributed by atoms with Crippen molar-refractivity contribution in [1.82, 2.24) is 19.7 Å². The van der Waals surface area contributed by atoms with E-state index >= 15 is 0 Å². The van der Waals surface area contributed by atoms with Gasteiger partial charge in [0, 0.05) is 29.7 Å². The van der Waals surface area contributed by atoms with Crippen molar-refractivity contribution in [3.05, 3.63) is 57.7 Å². The number of hydrogen-bond donors (Lipinski definition) is 2. The van der Waals surface area contributed by atoms with Crippen LogP contribution in [-0.4, -0.2) is 38.8 Å². The number of benzene rings is 1. The van der Waals surface area contributed by atoms with E-state index in [0.717, 1.165) is 56.0 Å². The number of aryl methyl sites for hydroxylation is 3. The highest BCUT2D eigenvalue weighted by Gasteiger charge is 2.24. The molecule has 168 valence electrons. The molecular weight excluding hydrogens is 420 g/mol. The average Bonchev–Trinajstić information content (AvgIpc) is 3.42. The SMILES string of the molecule is Cc1ccccc1NC(=O)Nc1ccnn1C1CCN(Cc2nc3c(s2)CCCC3)CC1. The number of thiazole rings is 1. The van der Waals surface area contributed by atoms with Crippen LogP contribution in [0.3, 0.4) is 0 Å². The smallest absolute Gasteiger partial charge is 0.307 e. The van der Waals surface area contributed by atoms with Gasteiger partial charge in [0.05, 0.1) is 24.5 Å². The molecule has 0 spiro atoms. The fourth-order valence-electron chi connectivity index (χ4n) is 4.67. The maximum atomic E-state index is 12.5. The Morgan fingerprint density at radius 1 is 1.12 bits per heavy atom. The van der Waals surface area contributed by atoms with Crippen molar-refractivity contribution in [2.75, 3.05) is 23.7 Å². The number of nitrogens with zero attached hydrogens (tertiary/aromatic N) is 4. The summed E-state index contributed by atoms with van der Waals surface area (Å²) in [6, 6.07) is 9.68. The number of likely N-dealkylation sites (tertiary alicyclic amines) is 1. The van der Waals surface area contributed by atoms with Crippen molar-refractivity contribution in [3.8, 4) is 0 Å². The molecule has 1 aromatic carbocycles. The van der Waals surface area contributed by atoms with Gasteiger partial charge in [-0.25, -0.2) is 14.5 Å². The zero-order valence-electron chi connectivity index (χ0n) is 18.5. The van der Waals surface area contributed by atoms with E-state index in [1.807, 2.05) is 53.3 Å². The molecule has 2 amide bonds. The maximum Gasteiger partial charge on any atom is 0.324 e. The van der Waals surface area contributed by atoms with Crippen molar-refractivity contribution in [1.29, 1.82) is 0 Å². The number of amides is 2. The van der Waals surface area contributed by atoms with Gasteiger partial charge in [-0.1, -0.05) is 18.2 Å². The molecule has 8 heteroatoms. The summed E-state index contributed by atoms with van der Waals surface area (Å²) in [6.45, 7) is 4.97. The second-order valence-corrected chi connectivity index (χ2v) is 9.92. The van der Waals surface area contributed by atoms with Crippen LogP contribution in [-0.2, 0) is 19.4 Å². The van der Waals surface area contributed by atoms with E-state index in [4.69, 9.17) is 4.98 Å². The molecule has 0 saturated carbocycles. The zero-order valence-corrected chi connectivity index (χ0v) is 19.3. The van der Waals surface area contributed by atoms with Crippen molar-refractivity contribution in [2.45, 2.75) is 58.0 Å². The van der Waals surface area contributed by atoms with Crippen LogP contribution in [0.15, 0.2) is 36.5 Å². The zero-order chi connectivity index (χ0) is 21.9. The van der Waals surface area contributed by atoms with E-state index in [2.05, 4.69) is 20.6 Å². The molecule has 5 rings (SSSR count). The molecule has 1 aliphatic carbocycles. The molecule has 7 nitrogen and oxygen atoms in total. The van der Waals surface area contributed by atoms with Crippen LogP contribution in [0.2, 0.25) is 0 Å². The second kappa shape index (κ2) is 9.42. The van der Waals surface area contributed by atoms with Gasteiger partial charge in [-0.15, -0.1) is 11.3 Å². The first kappa shape index (κ1) is 21.2. The maximum absolute atomic E-state index is 12.5. The first-order valence-electron chi connectivity index (χ1n) is 11.5. The molecule has 2 N–H and O–H groups in total. The Hall–Kier alpha value is -2.71. The first-order valence-corrected chi connectivity index (χ1v) is 12.3. The number of rotatable bonds is 5. The largest absolute Gasteiger partial charge is 0.324 e. The van der Waals surface area contributed by atoms with Gasteiger partial charge in [-0.3, -0.25) is 10.2 Å². The highest BCUT2D eigenvalue weighted by atomic mass is 32.1. The molecule has 0 radical (unpaired) electrons. The topological polar surface area (TPSA) is 75.1 Å². The van der Waals surface area contributed by atoms with Crippen molar-refractivity contribution in [2.24, 2.45) is 0 Å². The van der Waals surface area contributed by atoms with E-state index in [0.29, 0.717) is 6.04 Å². The molecule has 1 fully saturated rings. The molecule has 3 heterocycles. The van der Waals surface area contributed by atoms with Gasteiger partial charge < -0.3 is 5.32 Å². The Labute approximate surface area is 192 Å². The fourth-order valence-corrected chi connectivity index (χ4v) is 5.87. The summed E-state index contributed by atoms with van der Waals surface area (Å²) >= 11 is 1.91. The number of fused-ring (bicyclic) bond motifs is 1. The number of hydrogen-bond acceptors (Lipinski definition) is 5. The highest BCUT2D eigenvalue weighted by Crippen LogP contribution is 2.30. The average molecular weight is 451 g/mol. The minimum atomic E-state index is -0.244. The molecule has 3 aromatic rings. The van der Waals surface area contributed by atoms with Gasteiger partial charge in [-0.05, 0) is 57.1 Å². The lowest BCUT2D eigenvalue weighted by Crippen LogP contribution is -2.35. The van der Waals surface area contributed by atoms with Gasteiger partial charge in [0.1, 0.15) is 10.8 Å². The van der Waals surface area contributed by atoms with Gasteiger partial charge in [-0.2, -0.15) is 5.10 Å². The third kappa shape index (κ3) is 4.71. The number of carbonyl (C=O) groups is 1. The van der Waals surface area contributed by atoms with E-state index in [9.17, 15) is 4.79 Å². The lowest BCUT2D eigenvalue weighted by molar-refractivity contribution is 0.174. The van der Waals surface area contributed by atoms with Gasteiger partial charge in [0.15, 0.2) is 0 Å². The second-order valence-electron chi connectivity index (χ2n) is 8.75. The van der Waals surface area contributed by atoms with Gasteiger partial charge >= 0.3 is 6.03 Å². The van der Waals surface area contributed by atoms with Crippen LogP contribution < -0.4 is 10.6 Å². The molecule has 0 unspecified atom stereocenters. The van der Waals surface area contributed by atoms with Crippen LogP contribution in [0.4, 0.5) is 16.3 Å². The van der Waals surface area contributed by atoms with Crippen LogP contribution in [0, 0.1) is 6.92 Å². The third-order valence-corrected chi connectivity index (χ3v) is 7.60. The van der Waals surface area contributed by atoms with Gasteiger partial charge in [0.25, 0.3) is 0 Å². The van der Waals surface area contributed by atoms with Crippen molar-refractivity contribution < 1.29 is 4.79 Å². The number of carbonyl (C=O) groups excluding carboxylic acids is 1. The highest BCUT2D eigenvalue weighted by molar-refractivity contribution is 7.11. The van der Waals surface area contributed by atoms with E-state index in [1.165, 1.54) is 34.8 Å². The summed E-state index contributed by atoms with van der Waals surface area (Å²) < 4.78 is 1.97. The molecule has 2 aliphatic rings. The Balaban J connectivity index is 1.16.